The van der Waals surface area contributed by atoms with E-state index in [9.17, 15) is 0 Å². The van der Waals surface area contributed by atoms with E-state index in [2.05, 4.69) is 98.7 Å². The Morgan fingerprint density at radius 3 is 0.846 bits per heavy atom. The van der Waals surface area contributed by atoms with Gasteiger partial charge in [-0.15, -0.1) is 0 Å². The van der Waals surface area contributed by atoms with E-state index in [-0.39, 0.29) is 0 Å². The van der Waals surface area contributed by atoms with E-state index in [0.29, 0.717) is 29.6 Å². The van der Waals surface area contributed by atoms with Crippen molar-refractivity contribution in [2.24, 2.45) is 0 Å². The molecule has 0 atom stereocenters. The maximum absolute atomic E-state index is 2.43. The van der Waals surface area contributed by atoms with Crippen LogP contribution in [0.15, 0.2) is 36.4 Å². The summed E-state index contributed by atoms with van der Waals surface area (Å²) in [7, 11) is 0. The molecule has 26 heavy (non-hydrogen) atoms. The summed E-state index contributed by atoms with van der Waals surface area (Å²) in [5, 5.41) is 0. The molecule has 142 valence electrons. The largest absolute Gasteiger partial charge is 0.0617 e. The SMILES string of the molecule is CC(C)c1cccc(C(C)C)c1C(C)c1c(C(C)C)cccc1C(C)C. The molecule has 0 N–H and O–H groups in total. The van der Waals surface area contributed by atoms with Gasteiger partial charge in [0, 0.05) is 5.92 Å². The van der Waals surface area contributed by atoms with Crippen molar-refractivity contribution in [3.63, 3.8) is 0 Å². The van der Waals surface area contributed by atoms with Gasteiger partial charge in [0.05, 0.1) is 0 Å². The van der Waals surface area contributed by atoms with Crippen LogP contribution in [0.25, 0.3) is 0 Å². The standard InChI is InChI=1S/C26H38/c1-16(2)21-12-10-13-22(17(3)4)25(21)20(9)26-23(18(5)6)14-11-15-24(26)19(7)8/h10-20H,1-9H3. The van der Waals surface area contributed by atoms with Gasteiger partial charge in [0.25, 0.3) is 0 Å². The zero-order valence-corrected chi connectivity index (χ0v) is 18.4. The van der Waals surface area contributed by atoms with E-state index in [0.717, 1.165) is 0 Å². The normalized spacial score (nSPS) is 12.2. The molecule has 0 radical (unpaired) electrons. The lowest BCUT2D eigenvalue weighted by molar-refractivity contribution is 0.731. The van der Waals surface area contributed by atoms with E-state index in [1.165, 1.54) is 22.3 Å². The van der Waals surface area contributed by atoms with Crippen molar-refractivity contribution in [3.8, 4) is 0 Å². The quantitative estimate of drug-likeness (QED) is 0.491. The summed E-state index contributed by atoms with van der Waals surface area (Å²) in [5.74, 6) is 2.58. The van der Waals surface area contributed by atoms with Crippen LogP contribution in [0.1, 0.15) is 125 Å². The first-order valence-corrected chi connectivity index (χ1v) is 10.4. The first-order chi connectivity index (χ1) is 12.2. The molecule has 0 aliphatic rings. The molecule has 0 nitrogen and oxygen atoms in total. The van der Waals surface area contributed by atoms with Gasteiger partial charge in [-0.05, 0) is 57.1 Å². The molecular weight excluding hydrogens is 312 g/mol. The Hall–Kier alpha value is -1.56. The van der Waals surface area contributed by atoms with Crippen molar-refractivity contribution < 1.29 is 0 Å². The minimum atomic E-state index is 0.419. The molecule has 0 aliphatic heterocycles. The second kappa shape index (κ2) is 8.42. The lowest BCUT2D eigenvalue weighted by Gasteiger charge is -2.29. The molecular formula is C26H38. The maximum Gasteiger partial charge on any atom is 0.00723 e. The zero-order valence-electron chi connectivity index (χ0n) is 18.4. The Morgan fingerprint density at radius 2 is 0.654 bits per heavy atom. The van der Waals surface area contributed by atoms with E-state index in [1.807, 2.05) is 0 Å². The molecule has 0 spiro atoms. The molecule has 2 aromatic rings. The van der Waals surface area contributed by atoms with Gasteiger partial charge >= 0.3 is 0 Å². The molecule has 0 aliphatic carbocycles. The summed E-state index contributed by atoms with van der Waals surface area (Å²) in [6, 6.07) is 13.9. The van der Waals surface area contributed by atoms with E-state index >= 15 is 0 Å². The Bertz CT molecular complexity index is 616. The number of benzene rings is 2. The van der Waals surface area contributed by atoms with Crippen molar-refractivity contribution in [1.82, 2.24) is 0 Å². The minimum Gasteiger partial charge on any atom is -0.0617 e. The van der Waals surface area contributed by atoms with Gasteiger partial charge in [0.1, 0.15) is 0 Å². The van der Waals surface area contributed by atoms with E-state index in [4.69, 9.17) is 0 Å². The molecule has 0 saturated carbocycles. The zero-order chi connectivity index (χ0) is 19.6. The van der Waals surface area contributed by atoms with Crippen LogP contribution in [0.3, 0.4) is 0 Å². The topological polar surface area (TPSA) is 0 Å². The summed E-state index contributed by atoms with van der Waals surface area (Å²) in [6.07, 6.45) is 0. The first kappa shape index (κ1) is 20.7. The number of hydrogen-bond acceptors (Lipinski definition) is 0. The van der Waals surface area contributed by atoms with Crippen LogP contribution < -0.4 is 0 Å². The lowest BCUT2D eigenvalue weighted by atomic mass is 9.75. The fraction of sp³-hybridized carbons (Fsp3) is 0.538. The van der Waals surface area contributed by atoms with Gasteiger partial charge in [-0.25, -0.2) is 0 Å². The molecule has 0 heteroatoms. The summed E-state index contributed by atoms with van der Waals surface area (Å²) in [5.41, 5.74) is 9.17. The van der Waals surface area contributed by atoms with Crippen LogP contribution >= 0.6 is 0 Å². The Labute approximate surface area is 162 Å². The molecule has 0 amide bonds. The molecule has 0 fully saturated rings. The summed E-state index contributed by atoms with van der Waals surface area (Å²) >= 11 is 0. The first-order valence-electron chi connectivity index (χ1n) is 10.4. The summed E-state index contributed by atoms with van der Waals surface area (Å²) < 4.78 is 0. The van der Waals surface area contributed by atoms with E-state index in [1.54, 1.807) is 11.1 Å². The number of rotatable bonds is 6. The van der Waals surface area contributed by atoms with Gasteiger partial charge in [-0.1, -0.05) is 98.7 Å². The van der Waals surface area contributed by atoms with Gasteiger partial charge in [-0.2, -0.15) is 0 Å². The van der Waals surface area contributed by atoms with Gasteiger partial charge in [-0.3, -0.25) is 0 Å². The highest BCUT2D eigenvalue weighted by atomic mass is 14.3. The van der Waals surface area contributed by atoms with Crippen LogP contribution in [-0.2, 0) is 0 Å². The van der Waals surface area contributed by atoms with Crippen molar-refractivity contribution >= 4 is 0 Å². The second-order valence-corrected chi connectivity index (χ2v) is 9.04. The summed E-state index contributed by atoms with van der Waals surface area (Å²) in [4.78, 5) is 0. The smallest absolute Gasteiger partial charge is 0.00723 e. The van der Waals surface area contributed by atoms with Crippen LogP contribution in [-0.4, -0.2) is 0 Å². The van der Waals surface area contributed by atoms with Crippen LogP contribution in [0, 0.1) is 0 Å². The Kier molecular flexibility index (Phi) is 6.72. The average molecular weight is 351 g/mol. The Balaban J connectivity index is 2.80. The van der Waals surface area contributed by atoms with Crippen molar-refractivity contribution in [3.05, 3.63) is 69.8 Å². The van der Waals surface area contributed by atoms with Crippen LogP contribution in [0.2, 0.25) is 0 Å². The summed E-state index contributed by atoms with van der Waals surface area (Å²) in [6.45, 7) is 21.0. The molecule has 0 aromatic heterocycles. The monoisotopic (exact) mass is 350 g/mol. The second-order valence-electron chi connectivity index (χ2n) is 9.04. The molecule has 0 bridgehead atoms. The van der Waals surface area contributed by atoms with Gasteiger partial charge in [0.15, 0.2) is 0 Å². The van der Waals surface area contributed by atoms with E-state index < -0.39 is 0 Å². The highest BCUT2D eigenvalue weighted by Gasteiger charge is 2.25. The van der Waals surface area contributed by atoms with Crippen LogP contribution in [0.4, 0.5) is 0 Å². The average Bonchev–Trinajstić information content (AvgIpc) is 2.59. The van der Waals surface area contributed by atoms with Crippen molar-refractivity contribution in [2.75, 3.05) is 0 Å². The highest BCUT2D eigenvalue weighted by molar-refractivity contribution is 5.51. The maximum atomic E-state index is 2.43. The fourth-order valence-electron chi connectivity index (χ4n) is 4.36. The predicted octanol–water partition coefficient (Wildman–Crippen LogP) is 8.33. The molecule has 2 rings (SSSR count). The third-order valence-corrected chi connectivity index (χ3v) is 5.70. The number of hydrogen-bond donors (Lipinski definition) is 0. The Morgan fingerprint density at radius 1 is 0.423 bits per heavy atom. The molecule has 2 aromatic carbocycles. The minimum absolute atomic E-state index is 0.419. The third-order valence-electron chi connectivity index (χ3n) is 5.70. The van der Waals surface area contributed by atoms with Crippen LogP contribution in [0.5, 0.6) is 0 Å². The molecule has 0 saturated heterocycles. The molecule has 0 heterocycles. The lowest BCUT2D eigenvalue weighted by Crippen LogP contribution is -2.13. The molecule has 0 unspecified atom stereocenters. The van der Waals surface area contributed by atoms with Gasteiger partial charge < -0.3 is 0 Å². The van der Waals surface area contributed by atoms with Gasteiger partial charge in [0.2, 0.25) is 0 Å². The highest BCUT2D eigenvalue weighted by Crippen LogP contribution is 2.41. The fourth-order valence-corrected chi connectivity index (χ4v) is 4.36. The van der Waals surface area contributed by atoms with Crippen molar-refractivity contribution in [2.45, 2.75) is 91.9 Å². The third kappa shape index (κ3) is 4.05. The predicted molar refractivity (Wildman–Crippen MR) is 117 cm³/mol. The van der Waals surface area contributed by atoms with Crippen molar-refractivity contribution in [1.29, 1.82) is 0 Å².